The van der Waals surface area contributed by atoms with Crippen LogP contribution >= 0.6 is 11.8 Å². The van der Waals surface area contributed by atoms with Crippen molar-refractivity contribution in [3.05, 3.63) is 102 Å². The molecule has 0 fully saturated rings. The highest BCUT2D eigenvalue weighted by Gasteiger charge is 2.33. The molecule has 0 saturated carbocycles. The van der Waals surface area contributed by atoms with Crippen LogP contribution < -0.4 is 0 Å². The second-order valence-corrected chi connectivity index (χ2v) is 8.32. The van der Waals surface area contributed by atoms with E-state index >= 15 is 0 Å². The van der Waals surface area contributed by atoms with Gasteiger partial charge in [-0.2, -0.15) is 13.2 Å². The maximum Gasteiger partial charge on any atom is 0.416 e. The SMILES string of the molecule is CN(Cc1ccccc1C(F)(F)F)C(=O)c1ccccc1SCc1cn2ccccc2n1. The topological polar surface area (TPSA) is 37.6 Å². The highest BCUT2D eigenvalue weighted by atomic mass is 32.2. The molecule has 1 amide bonds. The lowest BCUT2D eigenvalue weighted by atomic mass is 10.1. The van der Waals surface area contributed by atoms with Crippen LogP contribution in [0.1, 0.15) is 27.2 Å². The molecule has 8 heteroatoms. The smallest absolute Gasteiger partial charge is 0.337 e. The summed E-state index contributed by atoms with van der Waals surface area (Å²) in [6.45, 7) is -0.139. The van der Waals surface area contributed by atoms with Gasteiger partial charge in [-0.3, -0.25) is 4.79 Å². The van der Waals surface area contributed by atoms with Crippen LogP contribution in [0.4, 0.5) is 13.2 Å². The summed E-state index contributed by atoms with van der Waals surface area (Å²) in [4.78, 5) is 19.7. The minimum absolute atomic E-state index is 0.0608. The largest absolute Gasteiger partial charge is 0.416 e. The Morgan fingerprint density at radius 2 is 1.75 bits per heavy atom. The van der Waals surface area contributed by atoms with E-state index in [1.165, 1.54) is 35.8 Å². The number of fused-ring (bicyclic) bond motifs is 1. The second kappa shape index (κ2) is 9.08. The molecule has 2 heterocycles. The van der Waals surface area contributed by atoms with Crippen molar-refractivity contribution in [2.24, 2.45) is 0 Å². The fourth-order valence-corrected chi connectivity index (χ4v) is 4.37. The van der Waals surface area contributed by atoms with E-state index in [-0.39, 0.29) is 18.0 Å². The molecular weight excluding hydrogens is 435 g/mol. The normalized spacial score (nSPS) is 11.6. The predicted molar refractivity (Wildman–Crippen MR) is 118 cm³/mol. The molecule has 2 aromatic heterocycles. The van der Waals surface area contributed by atoms with Crippen LogP contribution in [0.25, 0.3) is 5.65 Å². The Bertz CT molecular complexity index is 1220. The maximum atomic E-state index is 13.3. The van der Waals surface area contributed by atoms with E-state index in [9.17, 15) is 18.0 Å². The van der Waals surface area contributed by atoms with Gasteiger partial charge in [0.15, 0.2) is 0 Å². The van der Waals surface area contributed by atoms with Gasteiger partial charge in [0.1, 0.15) is 5.65 Å². The van der Waals surface area contributed by atoms with Crippen molar-refractivity contribution in [2.45, 2.75) is 23.4 Å². The molecule has 0 radical (unpaired) electrons. The molecule has 0 aliphatic rings. The number of nitrogens with zero attached hydrogens (tertiary/aromatic N) is 3. The highest BCUT2D eigenvalue weighted by molar-refractivity contribution is 7.98. The molecule has 0 unspecified atom stereocenters. The Morgan fingerprint density at radius 1 is 1.03 bits per heavy atom. The van der Waals surface area contributed by atoms with Gasteiger partial charge in [0.05, 0.1) is 16.8 Å². The number of carbonyl (C=O) groups is 1. The lowest BCUT2D eigenvalue weighted by molar-refractivity contribution is -0.138. The number of thioether (sulfide) groups is 1. The third kappa shape index (κ3) is 4.80. The molecule has 2 aromatic carbocycles. The van der Waals surface area contributed by atoms with Gasteiger partial charge in [0.25, 0.3) is 5.91 Å². The quantitative estimate of drug-likeness (QED) is 0.339. The number of carbonyl (C=O) groups excluding carboxylic acids is 1. The Hall–Kier alpha value is -3.26. The Labute approximate surface area is 187 Å². The predicted octanol–water partition coefficient (Wildman–Crippen LogP) is 5.92. The summed E-state index contributed by atoms with van der Waals surface area (Å²) in [6.07, 6.45) is -0.614. The van der Waals surface area contributed by atoms with E-state index in [2.05, 4.69) is 4.98 Å². The Balaban J connectivity index is 1.51. The summed E-state index contributed by atoms with van der Waals surface area (Å²) >= 11 is 1.47. The third-order valence-electron chi connectivity index (χ3n) is 4.98. The average Bonchev–Trinajstić information content (AvgIpc) is 3.20. The number of aromatic nitrogens is 2. The van der Waals surface area contributed by atoms with Crippen molar-refractivity contribution in [3.8, 4) is 0 Å². The van der Waals surface area contributed by atoms with E-state index in [1.54, 1.807) is 18.2 Å². The van der Waals surface area contributed by atoms with Gasteiger partial charge < -0.3 is 9.30 Å². The van der Waals surface area contributed by atoms with Gasteiger partial charge in [-0.15, -0.1) is 11.8 Å². The summed E-state index contributed by atoms with van der Waals surface area (Å²) < 4.78 is 41.9. The van der Waals surface area contributed by atoms with Crippen LogP contribution in [0.2, 0.25) is 0 Å². The van der Waals surface area contributed by atoms with Crippen LogP contribution in [0.3, 0.4) is 0 Å². The third-order valence-corrected chi connectivity index (χ3v) is 6.09. The van der Waals surface area contributed by atoms with Gasteiger partial charge >= 0.3 is 6.18 Å². The van der Waals surface area contributed by atoms with Crippen molar-refractivity contribution in [3.63, 3.8) is 0 Å². The maximum absolute atomic E-state index is 13.3. The first kappa shape index (κ1) is 22.0. The van der Waals surface area contributed by atoms with E-state index in [1.807, 2.05) is 47.1 Å². The zero-order chi connectivity index (χ0) is 22.7. The first-order valence-corrected chi connectivity index (χ1v) is 10.9. The molecule has 4 nitrogen and oxygen atoms in total. The van der Waals surface area contributed by atoms with Gasteiger partial charge in [-0.25, -0.2) is 4.98 Å². The number of imidazole rings is 1. The van der Waals surface area contributed by atoms with E-state index in [0.717, 1.165) is 22.3 Å². The summed E-state index contributed by atoms with van der Waals surface area (Å²) in [6, 6.07) is 18.2. The standard InChI is InChI=1S/C24H20F3N3OS/c1-29(14-17-8-2-4-10-20(17)24(25,26)27)23(31)19-9-3-5-11-21(19)32-16-18-15-30-13-7-6-12-22(30)28-18/h2-13,15H,14,16H2,1H3. The molecule has 0 aliphatic heterocycles. The van der Waals surface area contributed by atoms with Gasteiger partial charge in [0, 0.05) is 36.6 Å². The zero-order valence-corrected chi connectivity index (χ0v) is 18.0. The van der Waals surface area contributed by atoms with Gasteiger partial charge in [-0.05, 0) is 35.9 Å². The lowest BCUT2D eigenvalue weighted by Gasteiger charge is -2.21. The average molecular weight is 456 g/mol. The Kier molecular flexibility index (Phi) is 6.23. The highest BCUT2D eigenvalue weighted by Crippen LogP contribution is 2.33. The summed E-state index contributed by atoms with van der Waals surface area (Å²) in [7, 11) is 1.51. The first-order valence-electron chi connectivity index (χ1n) is 9.88. The van der Waals surface area contributed by atoms with Gasteiger partial charge in [-0.1, -0.05) is 36.4 Å². The molecule has 0 bridgehead atoms. The lowest BCUT2D eigenvalue weighted by Crippen LogP contribution is -2.28. The van der Waals surface area contributed by atoms with Crippen LogP contribution in [-0.4, -0.2) is 27.2 Å². The number of alkyl halides is 3. The van der Waals surface area contributed by atoms with Crippen molar-refractivity contribution >= 4 is 23.3 Å². The second-order valence-electron chi connectivity index (χ2n) is 7.30. The minimum Gasteiger partial charge on any atom is -0.337 e. The van der Waals surface area contributed by atoms with Crippen molar-refractivity contribution in [2.75, 3.05) is 7.05 Å². The minimum atomic E-state index is -4.47. The molecule has 0 aliphatic carbocycles. The van der Waals surface area contributed by atoms with Crippen LogP contribution in [0.15, 0.2) is 84.0 Å². The molecule has 0 saturated heterocycles. The van der Waals surface area contributed by atoms with Crippen LogP contribution in [-0.2, 0) is 18.5 Å². The van der Waals surface area contributed by atoms with E-state index in [0.29, 0.717) is 11.3 Å². The monoisotopic (exact) mass is 455 g/mol. The Morgan fingerprint density at radius 3 is 2.53 bits per heavy atom. The number of halogens is 3. The molecular formula is C24H20F3N3OS. The molecule has 0 atom stereocenters. The van der Waals surface area contributed by atoms with E-state index < -0.39 is 11.7 Å². The molecule has 0 spiro atoms. The molecule has 164 valence electrons. The molecule has 4 aromatic rings. The summed E-state index contributed by atoms with van der Waals surface area (Å²) in [5, 5.41) is 0. The first-order chi connectivity index (χ1) is 15.3. The number of hydrogen-bond donors (Lipinski definition) is 0. The molecule has 4 rings (SSSR count). The number of amides is 1. The number of pyridine rings is 1. The van der Waals surface area contributed by atoms with Crippen LogP contribution in [0.5, 0.6) is 0 Å². The fraction of sp³-hybridized carbons (Fsp3) is 0.167. The summed E-state index contributed by atoms with van der Waals surface area (Å²) in [5.74, 6) is 0.229. The van der Waals surface area contributed by atoms with Crippen molar-refractivity contribution < 1.29 is 18.0 Å². The van der Waals surface area contributed by atoms with Crippen molar-refractivity contribution in [1.82, 2.24) is 14.3 Å². The molecule has 0 N–H and O–H groups in total. The van der Waals surface area contributed by atoms with Crippen molar-refractivity contribution in [1.29, 1.82) is 0 Å². The molecule has 32 heavy (non-hydrogen) atoms. The van der Waals surface area contributed by atoms with Crippen LogP contribution in [0, 0.1) is 0 Å². The zero-order valence-electron chi connectivity index (χ0n) is 17.2. The van der Waals surface area contributed by atoms with E-state index in [4.69, 9.17) is 0 Å². The van der Waals surface area contributed by atoms with Gasteiger partial charge in [0.2, 0.25) is 0 Å². The number of rotatable bonds is 6. The fourth-order valence-electron chi connectivity index (χ4n) is 3.45. The number of benzene rings is 2. The summed E-state index contributed by atoms with van der Waals surface area (Å²) in [5.41, 5.74) is 1.50. The number of hydrogen-bond acceptors (Lipinski definition) is 3.